The predicted octanol–water partition coefficient (Wildman–Crippen LogP) is 1.18. The first-order valence-electron chi connectivity index (χ1n) is 7.19. The highest BCUT2D eigenvalue weighted by Gasteiger charge is 2.20. The van der Waals surface area contributed by atoms with Gasteiger partial charge in [0.25, 0.3) is 11.7 Å². The number of carbonyl (C=O) groups excluding carboxylic acids is 3. The number of rotatable bonds is 6. The van der Waals surface area contributed by atoms with Gasteiger partial charge in [-0.3, -0.25) is 14.4 Å². The number of amides is 2. The molecular weight excluding hydrogens is 282 g/mol. The highest BCUT2D eigenvalue weighted by atomic mass is 16.2. The van der Waals surface area contributed by atoms with Crippen LogP contribution in [0, 0.1) is 0 Å². The Morgan fingerprint density at radius 1 is 1.14 bits per heavy atom. The normalized spacial score (nSPS) is 10.6. The maximum atomic E-state index is 12.3. The van der Waals surface area contributed by atoms with Crippen LogP contribution in [0.15, 0.2) is 30.5 Å². The second-order valence-corrected chi connectivity index (χ2v) is 4.95. The molecule has 1 aromatic carbocycles. The van der Waals surface area contributed by atoms with Crippen LogP contribution in [0.25, 0.3) is 10.9 Å². The maximum absolute atomic E-state index is 12.3. The van der Waals surface area contributed by atoms with Crippen LogP contribution in [0.3, 0.4) is 0 Å². The van der Waals surface area contributed by atoms with Crippen LogP contribution in [0.4, 0.5) is 0 Å². The van der Waals surface area contributed by atoms with Crippen molar-refractivity contribution < 1.29 is 14.4 Å². The van der Waals surface area contributed by atoms with Gasteiger partial charge in [-0.05, 0) is 19.9 Å². The quantitative estimate of drug-likeness (QED) is 0.642. The van der Waals surface area contributed by atoms with E-state index < -0.39 is 11.7 Å². The van der Waals surface area contributed by atoms with Gasteiger partial charge in [0.1, 0.15) is 6.54 Å². The number of likely N-dealkylation sites (N-methyl/N-ethyl adjacent to an activating group) is 1. The van der Waals surface area contributed by atoms with Gasteiger partial charge in [0, 0.05) is 30.2 Å². The summed E-state index contributed by atoms with van der Waals surface area (Å²) in [6.45, 7) is 5.20. The van der Waals surface area contributed by atoms with Gasteiger partial charge in [-0.25, -0.2) is 0 Å². The number of hydrogen-bond acceptors (Lipinski definition) is 3. The number of hydrogen-bond donors (Lipinski definition) is 1. The summed E-state index contributed by atoms with van der Waals surface area (Å²) in [5.41, 5.74) is 6.05. The molecule has 0 atom stereocenters. The molecule has 1 aromatic heterocycles. The van der Waals surface area contributed by atoms with Crippen LogP contribution in [-0.4, -0.2) is 40.2 Å². The second-order valence-electron chi connectivity index (χ2n) is 4.95. The molecule has 1 heterocycles. The molecule has 6 heteroatoms. The van der Waals surface area contributed by atoms with E-state index in [-0.39, 0.29) is 18.0 Å². The van der Waals surface area contributed by atoms with E-state index in [1.54, 1.807) is 21.6 Å². The van der Waals surface area contributed by atoms with Crippen molar-refractivity contribution in [1.29, 1.82) is 0 Å². The molecule has 0 saturated heterocycles. The van der Waals surface area contributed by atoms with Crippen LogP contribution in [0.1, 0.15) is 24.2 Å². The average molecular weight is 301 g/mol. The molecule has 2 aromatic rings. The van der Waals surface area contributed by atoms with Crippen molar-refractivity contribution in [1.82, 2.24) is 9.47 Å². The monoisotopic (exact) mass is 301 g/mol. The topological polar surface area (TPSA) is 85.4 Å². The Hall–Kier alpha value is -2.63. The van der Waals surface area contributed by atoms with E-state index in [1.165, 1.54) is 6.20 Å². The van der Waals surface area contributed by atoms with Gasteiger partial charge in [0.2, 0.25) is 5.91 Å². The van der Waals surface area contributed by atoms with Crippen LogP contribution in [0.2, 0.25) is 0 Å². The van der Waals surface area contributed by atoms with Crippen molar-refractivity contribution in [3.8, 4) is 0 Å². The Morgan fingerprint density at radius 2 is 1.77 bits per heavy atom. The lowest BCUT2D eigenvalue weighted by Gasteiger charge is -2.19. The van der Waals surface area contributed by atoms with E-state index in [4.69, 9.17) is 5.73 Å². The van der Waals surface area contributed by atoms with Crippen molar-refractivity contribution in [3.63, 3.8) is 0 Å². The zero-order chi connectivity index (χ0) is 16.3. The molecule has 116 valence electrons. The van der Waals surface area contributed by atoms with Crippen molar-refractivity contribution in [2.75, 3.05) is 13.1 Å². The number of fused-ring (bicyclic) bond motifs is 1. The first-order chi connectivity index (χ1) is 10.5. The number of benzene rings is 1. The molecule has 2 amide bonds. The number of nitrogens with two attached hydrogens (primary N) is 1. The number of primary amides is 1. The molecule has 0 fully saturated rings. The smallest absolute Gasteiger partial charge is 0.289 e. The maximum Gasteiger partial charge on any atom is 0.289 e. The van der Waals surface area contributed by atoms with E-state index >= 15 is 0 Å². The first kappa shape index (κ1) is 15.8. The largest absolute Gasteiger partial charge is 0.363 e. The fourth-order valence-corrected chi connectivity index (χ4v) is 2.51. The third kappa shape index (κ3) is 2.86. The molecule has 0 aliphatic heterocycles. The zero-order valence-electron chi connectivity index (χ0n) is 12.7. The van der Waals surface area contributed by atoms with Crippen LogP contribution < -0.4 is 5.73 Å². The third-order valence-corrected chi connectivity index (χ3v) is 3.68. The van der Waals surface area contributed by atoms with E-state index in [0.29, 0.717) is 18.5 Å². The minimum atomic E-state index is -1.00. The van der Waals surface area contributed by atoms with E-state index in [0.717, 1.165) is 5.52 Å². The van der Waals surface area contributed by atoms with Gasteiger partial charge in [0.15, 0.2) is 0 Å². The Bertz CT molecular complexity index is 729. The predicted molar refractivity (Wildman–Crippen MR) is 83.4 cm³/mol. The number of ketones is 1. The number of para-hydroxylation sites is 1. The lowest BCUT2D eigenvalue weighted by molar-refractivity contribution is -0.131. The molecule has 0 radical (unpaired) electrons. The Balaban J connectivity index is 2.45. The van der Waals surface area contributed by atoms with Gasteiger partial charge >= 0.3 is 0 Å². The standard InChI is InChI=1S/C16H19N3O3/c1-3-18(4-2)14(20)10-19-9-12(15(21)16(17)22)11-7-5-6-8-13(11)19/h5-9H,3-4,10H2,1-2H3,(H2,17,22). The fourth-order valence-electron chi connectivity index (χ4n) is 2.51. The molecule has 0 spiro atoms. The number of carbonyl (C=O) groups is 3. The highest BCUT2D eigenvalue weighted by Crippen LogP contribution is 2.22. The molecule has 22 heavy (non-hydrogen) atoms. The van der Waals surface area contributed by atoms with Crippen molar-refractivity contribution in [2.24, 2.45) is 5.73 Å². The van der Waals surface area contributed by atoms with Gasteiger partial charge in [-0.1, -0.05) is 18.2 Å². The summed E-state index contributed by atoms with van der Waals surface area (Å²) in [5, 5.41) is 0.624. The average Bonchev–Trinajstić information content (AvgIpc) is 2.86. The SMILES string of the molecule is CCN(CC)C(=O)Cn1cc(C(=O)C(N)=O)c2ccccc21. The molecule has 2 N–H and O–H groups in total. The molecule has 2 rings (SSSR count). The van der Waals surface area contributed by atoms with E-state index in [9.17, 15) is 14.4 Å². The molecular formula is C16H19N3O3. The minimum Gasteiger partial charge on any atom is -0.363 e. The van der Waals surface area contributed by atoms with Gasteiger partial charge in [0.05, 0.1) is 5.56 Å². The zero-order valence-corrected chi connectivity index (χ0v) is 12.7. The summed E-state index contributed by atoms with van der Waals surface area (Å²) >= 11 is 0. The molecule has 0 aliphatic carbocycles. The summed E-state index contributed by atoms with van der Waals surface area (Å²) in [4.78, 5) is 37.1. The minimum absolute atomic E-state index is 0.0381. The summed E-state index contributed by atoms with van der Waals surface area (Å²) in [6, 6.07) is 7.14. The van der Waals surface area contributed by atoms with Crippen LogP contribution >= 0.6 is 0 Å². The number of aromatic nitrogens is 1. The first-order valence-corrected chi connectivity index (χ1v) is 7.19. The van der Waals surface area contributed by atoms with E-state index in [1.807, 2.05) is 26.0 Å². The highest BCUT2D eigenvalue weighted by molar-refractivity contribution is 6.44. The Morgan fingerprint density at radius 3 is 2.36 bits per heavy atom. The van der Waals surface area contributed by atoms with Crippen LogP contribution in [0.5, 0.6) is 0 Å². The molecule has 0 aliphatic rings. The Labute approximate surface area is 128 Å². The van der Waals surface area contributed by atoms with Crippen LogP contribution in [-0.2, 0) is 16.1 Å². The molecule has 0 unspecified atom stereocenters. The van der Waals surface area contributed by atoms with Crippen molar-refractivity contribution in [2.45, 2.75) is 20.4 Å². The fraction of sp³-hybridized carbons (Fsp3) is 0.312. The lowest BCUT2D eigenvalue weighted by atomic mass is 10.1. The summed E-state index contributed by atoms with van der Waals surface area (Å²) in [5.74, 6) is -1.79. The van der Waals surface area contributed by atoms with Gasteiger partial charge in [-0.2, -0.15) is 0 Å². The summed E-state index contributed by atoms with van der Waals surface area (Å²) in [7, 11) is 0. The number of Topliss-reactive ketones (excluding diaryl/α,β-unsaturated/α-hetero) is 1. The van der Waals surface area contributed by atoms with Gasteiger partial charge < -0.3 is 15.2 Å². The van der Waals surface area contributed by atoms with Crippen molar-refractivity contribution >= 4 is 28.5 Å². The third-order valence-electron chi connectivity index (χ3n) is 3.68. The molecule has 0 bridgehead atoms. The molecule has 6 nitrogen and oxygen atoms in total. The number of nitrogens with zero attached hydrogens (tertiary/aromatic N) is 2. The second kappa shape index (κ2) is 6.43. The Kier molecular flexibility index (Phi) is 4.60. The van der Waals surface area contributed by atoms with E-state index in [2.05, 4.69) is 0 Å². The lowest BCUT2D eigenvalue weighted by Crippen LogP contribution is -2.33. The summed E-state index contributed by atoms with van der Waals surface area (Å²) < 4.78 is 1.69. The molecule has 0 saturated carbocycles. The summed E-state index contributed by atoms with van der Waals surface area (Å²) in [6.07, 6.45) is 1.53. The van der Waals surface area contributed by atoms with Gasteiger partial charge in [-0.15, -0.1) is 0 Å². The van der Waals surface area contributed by atoms with Crippen molar-refractivity contribution in [3.05, 3.63) is 36.0 Å².